The van der Waals surface area contributed by atoms with Crippen LogP contribution in [-0.4, -0.2) is 39.6 Å². The second-order valence-electron chi connectivity index (χ2n) is 8.12. The number of nitrogens with one attached hydrogen (secondary N) is 1. The van der Waals surface area contributed by atoms with Crippen molar-refractivity contribution in [1.82, 2.24) is 14.9 Å². The molecule has 5 nitrogen and oxygen atoms in total. The third-order valence-electron chi connectivity index (χ3n) is 5.69. The van der Waals surface area contributed by atoms with Crippen molar-refractivity contribution in [2.75, 3.05) is 18.8 Å². The first kappa shape index (κ1) is 19.0. The largest absolute Gasteiger partial charge is 0.342 e. The maximum atomic E-state index is 12.6. The molecule has 2 aromatic heterocycles. The third-order valence-corrected chi connectivity index (χ3v) is 7.77. The average molecular weight is 406 g/mol. The zero-order valence-electron chi connectivity index (χ0n) is 16.0. The molecule has 0 saturated carbocycles. The fourth-order valence-corrected chi connectivity index (χ4v) is 6.40. The van der Waals surface area contributed by atoms with Crippen molar-refractivity contribution in [2.45, 2.75) is 51.7 Å². The van der Waals surface area contributed by atoms with Crippen molar-refractivity contribution in [2.24, 2.45) is 11.8 Å². The summed E-state index contributed by atoms with van der Waals surface area (Å²) in [6, 6.07) is 0. The molecule has 27 heavy (non-hydrogen) atoms. The van der Waals surface area contributed by atoms with E-state index in [9.17, 15) is 9.59 Å². The molecule has 0 bridgehead atoms. The maximum absolute atomic E-state index is 12.6. The number of nitrogens with zero attached hydrogens (tertiary/aromatic N) is 2. The molecule has 7 heteroatoms. The summed E-state index contributed by atoms with van der Waals surface area (Å²) < 4.78 is 0. The van der Waals surface area contributed by atoms with Gasteiger partial charge in [-0.3, -0.25) is 9.59 Å². The van der Waals surface area contributed by atoms with Crippen LogP contribution in [0.2, 0.25) is 0 Å². The van der Waals surface area contributed by atoms with Crippen molar-refractivity contribution in [1.29, 1.82) is 0 Å². The monoisotopic (exact) mass is 405 g/mol. The van der Waals surface area contributed by atoms with Gasteiger partial charge in [0.25, 0.3) is 5.56 Å². The van der Waals surface area contributed by atoms with Crippen LogP contribution in [0.5, 0.6) is 0 Å². The fourth-order valence-electron chi connectivity index (χ4n) is 4.20. The topological polar surface area (TPSA) is 66.1 Å². The first-order chi connectivity index (χ1) is 13.0. The summed E-state index contributed by atoms with van der Waals surface area (Å²) in [5.41, 5.74) is 1.20. The predicted octanol–water partition coefficient (Wildman–Crippen LogP) is 3.60. The van der Waals surface area contributed by atoms with Crippen LogP contribution in [0.4, 0.5) is 0 Å². The molecule has 0 aromatic carbocycles. The van der Waals surface area contributed by atoms with Crippen LogP contribution in [0.25, 0.3) is 10.2 Å². The second kappa shape index (κ2) is 7.95. The molecule has 146 valence electrons. The first-order valence-electron chi connectivity index (χ1n) is 9.90. The van der Waals surface area contributed by atoms with Crippen molar-refractivity contribution in [3.63, 3.8) is 0 Å². The van der Waals surface area contributed by atoms with E-state index in [2.05, 4.69) is 18.8 Å². The highest BCUT2D eigenvalue weighted by molar-refractivity contribution is 7.99. The molecule has 1 saturated heterocycles. The Morgan fingerprint density at radius 2 is 2.19 bits per heavy atom. The van der Waals surface area contributed by atoms with Gasteiger partial charge in [-0.15, -0.1) is 23.1 Å². The fraction of sp³-hybridized carbons (Fsp3) is 0.650. The van der Waals surface area contributed by atoms with Gasteiger partial charge >= 0.3 is 0 Å². The number of thioether (sulfide) groups is 1. The molecule has 1 fully saturated rings. The highest BCUT2D eigenvalue weighted by atomic mass is 32.2. The number of thiophene rings is 1. The lowest BCUT2D eigenvalue weighted by atomic mass is 9.89. The summed E-state index contributed by atoms with van der Waals surface area (Å²) in [7, 11) is 0. The molecule has 2 atom stereocenters. The summed E-state index contributed by atoms with van der Waals surface area (Å²) in [5, 5.41) is 0.800. The van der Waals surface area contributed by atoms with Gasteiger partial charge in [0, 0.05) is 18.0 Å². The zero-order valence-corrected chi connectivity index (χ0v) is 17.7. The lowest BCUT2D eigenvalue weighted by Gasteiger charge is -2.30. The second-order valence-corrected chi connectivity index (χ2v) is 10.2. The van der Waals surface area contributed by atoms with E-state index in [0.717, 1.165) is 49.0 Å². The smallest absolute Gasteiger partial charge is 0.259 e. The van der Waals surface area contributed by atoms with Crippen LogP contribution in [0.15, 0.2) is 4.79 Å². The Balaban J connectivity index is 1.42. The van der Waals surface area contributed by atoms with Crippen molar-refractivity contribution >= 4 is 39.2 Å². The molecule has 1 amide bonds. The lowest BCUT2D eigenvalue weighted by molar-refractivity contribution is -0.130. The van der Waals surface area contributed by atoms with E-state index in [-0.39, 0.29) is 11.5 Å². The van der Waals surface area contributed by atoms with Crippen LogP contribution in [-0.2, 0) is 23.4 Å². The van der Waals surface area contributed by atoms with Gasteiger partial charge in [-0.25, -0.2) is 4.98 Å². The number of carbonyl (C=O) groups is 1. The molecular weight excluding hydrogens is 378 g/mol. The Bertz CT molecular complexity index is 904. The number of carbonyl (C=O) groups excluding carboxylic acids is 1. The zero-order chi connectivity index (χ0) is 19.0. The van der Waals surface area contributed by atoms with Crippen molar-refractivity contribution < 1.29 is 4.79 Å². The van der Waals surface area contributed by atoms with Crippen LogP contribution in [0, 0.1) is 11.8 Å². The molecule has 2 aromatic rings. The Kier molecular flexibility index (Phi) is 5.60. The van der Waals surface area contributed by atoms with Gasteiger partial charge in [0.15, 0.2) is 0 Å². The van der Waals surface area contributed by atoms with Gasteiger partial charge < -0.3 is 9.88 Å². The minimum Gasteiger partial charge on any atom is -0.342 e. The number of aromatic nitrogens is 2. The molecule has 1 aliphatic carbocycles. The van der Waals surface area contributed by atoms with Crippen LogP contribution < -0.4 is 5.56 Å². The maximum Gasteiger partial charge on any atom is 0.259 e. The van der Waals surface area contributed by atoms with E-state index in [1.54, 1.807) is 23.1 Å². The highest BCUT2D eigenvalue weighted by Crippen LogP contribution is 2.35. The summed E-state index contributed by atoms with van der Waals surface area (Å²) in [6.45, 7) is 6.23. The molecule has 1 N–H and O–H groups in total. The summed E-state index contributed by atoms with van der Waals surface area (Å²) in [5.74, 6) is 3.19. The summed E-state index contributed by atoms with van der Waals surface area (Å²) in [4.78, 5) is 36.9. The van der Waals surface area contributed by atoms with E-state index in [1.807, 2.05) is 4.90 Å². The number of rotatable bonds is 4. The number of fused-ring (bicyclic) bond motifs is 3. The number of hydrogen-bond acceptors (Lipinski definition) is 5. The van der Waals surface area contributed by atoms with E-state index in [0.29, 0.717) is 29.2 Å². The van der Waals surface area contributed by atoms with Crippen molar-refractivity contribution in [3.8, 4) is 0 Å². The number of likely N-dealkylation sites (tertiary alicyclic amines) is 1. The number of piperidine rings is 1. The number of H-pyrrole nitrogens is 1. The summed E-state index contributed by atoms with van der Waals surface area (Å²) >= 11 is 3.22. The van der Waals surface area contributed by atoms with Crippen LogP contribution in [0.3, 0.4) is 0 Å². The standard InChI is InChI=1S/C20H27N3O2S2/c1-12-5-6-14-15(8-12)27-20-18(14)19(25)21-16(22-20)10-26-11-17(24)23-7-3-4-13(2)9-23/h12-13H,3-11H2,1-2H3,(H,21,22,25)/t12-,13+/m0/s1. The Labute approximate surface area is 167 Å². The Hall–Kier alpha value is -1.34. The van der Waals surface area contributed by atoms with Gasteiger partial charge in [-0.05, 0) is 49.5 Å². The SMILES string of the molecule is C[C@@H]1CCCN(C(=O)CSCc2nc3sc4c(c3c(=O)[nH]2)CC[C@H](C)C4)C1. The minimum absolute atomic E-state index is 0.0150. The normalized spacial score (nSPS) is 22.8. The van der Waals surface area contributed by atoms with Gasteiger partial charge in [0.1, 0.15) is 10.7 Å². The molecule has 1 aliphatic heterocycles. The van der Waals surface area contributed by atoms with Crippen LogP contribution >= 0.6 is 23.1 Å². The van der Waals surface area contributed by atoms with E-state index < -0.39 is 0 Å². The van der Waals surface area contributed by atoms with E-state index in [1.165, 1.54) is 16.9 Å². The van der Waals surface area contributed by atoms with Gasteiger partial charge in [0.2, 0.25) is 5.91 Å². The van der Waals surface area contributed by atoms with Gasteiger partial charge in [-0.1, -0.05) is 13.8 Å². The number of aryl methyl sites for hydroxylation is 1. The minimum atomic E-state index is -0.0150. The van der Waals surface area contributed by atoms with E-state index >= 15 is 0 Å². The molecule has 0 spiro atoms. The lowest BCUT2D eigenvalue weighted by Crippen LogP contribution is -2.40. The molecule has 0 radical (unpaired) electrons. The summed E-state index contributed by atoms with van der Waals surface area (Å²) in [6.07, 6.45) is 5.50. The number of hydrogen-bond donors (Lipinski definition) is 1. The number of aromatic amines is 1. The molecule has 3 heterocycles. The quantitative estimate of drug-likeness (QED) is 0.844. The van der Waals surface area contributed by atoms with Gasteiger partial charge in [-0.2, -0.15) is 0 Å². The van der Waals surface area contributed by atoms with Crippen LogP contribution in [0.1, 0.15) is 49.4 Å². The molecular formula is C20H27N3O2S2. The predicted molar refractivity (Wildman–Crippen MR) is 113 cm³/mol. The van der Waals surface area contributed by atoms with Gasteiger partial charge in [0.05, 0.1) is 16.9 Å². The third kappa shape index (κ3) is 4.09. The van der Waals surface area contributed by atoms with E-state index in [4.69, 9.17) is 4.98 Å². The Morgan fingerprint density at radius 1 is 1.33 bits per heavy atom. The molecule has 0 unspecified atom stereocenters. The highest BCUT2D eigenvalue weighted by Gasteiger charge is 2.23. The molecule has 2 aliphatic rings. The van der Waals surface area contributed by atoms with Crippen molar-refractivity contribution in [3.05, 3.63) is 26.6 Å². The Morgan fingerprint density at radius 3 is 3.00 bits per heavy atom. The molecule has 4 rings (SSSR count). The first-order valence-corrected chi connectivity index (χ1v) is 11.9. The number of amides is 1. The average Bonchev–Trinajstić information content (AvgIpc) is 2.99.